The molecule has 0 aliphatic heterocycles. The highest BCUT2D eigenvalue weighted by Gasteiger charge is 2.56. The first kappa shape index (κ1) is 16.0. The number of hydrogen-bond acceptors (Lipinski definition) is 5. The number of hydrogen-bond donors (Lipinski definition) is 1. The molecule has 0 amide bonds. The zero-order chi connectivity index (χ0) is 15.5. The van der Waals surface area contributed by atoms with Gasteiger partial charge in [0.1, 0.15) is 11.3 Å². The van der Waals surface area contributed by atoms with Gasteiger partial charge in [-0.1, -0.05) is 18.2 Å². The molecule has 0 radical (unpaired) electrons. The lowest BCUT2D eigenvalue weighted by Crippen LogP contribution is -2.40. The minimum atomic E-state index is -3.63. The molecule has 2 rings (SSSR count). The van der Waals surface area contributed by atoms with Gasteiger partial charge in [-0.25, -0.2) is 4.57 Å². The van der Waals surface area contributed by atoms with Gasteiger partial charge in [-0.15, -0.1) is 0 Å². The first-order valence-corrected chi connectivity index (χ1v) is 8.34. The SMILES string of the molecule is COP(=O)(NC1(C(=O)OC(C)C)CC1)Oc1ccccc1. The Balaban J connectivity index is 2.08. The van der Waals surface area contributed by atoms with Crippen molar-refractivity contribution in [3.63, 3.8) is 0 Å². The summed E-state index contributed by atoms with van der Waals surface area (Å²) in [5.41, 5.74) is -0.968. The second-order valence-corrected chi connectivity index (χ2v) is 7.00. The van der Waals surface area contributed by atoms with Gasteiger partial charge in [-0.3, -0.25) is 9.32 Å². The van der Waals surface area contributed by atoms with Crippen LogP contribution >= 0.6 is 7.75 Å². The minimum absolute atomic E-state index is 0.228. The van der Waals surface area contributed by atoms with Gasteiger partial charge < -0.3 is 9.26 Å². The van der Waals surface area contributed by atoms with Gasteiger partial charge >= 0.3 is 13.7 Å². The van der Waals surface area contributed by atoms with Gasteiger partial charge in [-0.2, -0.15) is 5.09 Å². The topological polar surface area (TPSA) is 73.9 Å². The van der Waals surface area contributed by atoms with Gasteiger partial charge in [0.05, 0.1) is 6.10 Å². The van der Waals surface area contributed by atoms with Crippen LogP contribution in [0.4, 0.5) is 0 Å². The van der Waals surface area contributed by atoms with E-state index in [4.69, 9.17) is 13.8 Å². The van der Waals surface area contributed by atoms with E-state index in [0.29, 0.717) is 18.6 Å². The third-order valence-corrected chi connectivity index (χ3v) is 4.68. The van der Waals surface area contributed by atoms with Crippen LogP contribution in [0.3, 0.4) is 0 Å². The summed E-state index contributed by atoms with van der Waals surface area (Å²) in [6.45, 7) is 3.54. The Morgan fingerprint density at radius 2 is 1.90 bits per heavy atom. The molecule has 1 aliphatic rings. The highest BCUT2D eigenvalue weighted by atomic mass is 31.2. The van der Waals surface area contributed by atoms with Crippen molar-refractivity contribution in [3.05, 3.63) is 30.3 Å². The van der Waals surface area contributed by atoms with Crippen LogP contribution < -0.4 is 9.61 Å². The predicted molar refractivity (Wildman–Crippen MR) is 78.0 cm³/mol. The Bertz CT molecular complexity index is 542. The van der Waals surface area contributed by atoms with E-state index in [2.05, 4.69) is 5.09 Å². The number of para-hydroxylation sites is 1. The molecule has 1 saturated carbocycles. The van der Waals surface area contributed by atoms with E-state index < -0.39 is 19.3 Å². The monoisotopic (exact) mass is 313 g/mol. The van der Waals surface area contributed by atoms with E-state index in [-0.39, 0.29) is 6.10 Å². The largest absolute Gasteiger partial charge is 0.462 e. The number of ether oxygens (including phenoxy) is 1. The van der Waals surface area contributed by atoms with Crippen LogP contribution in [0.25, 0.3) is 0 Å². The molecule has 21 heavy (non-hydrogen) atoms. The molecule has 1 fully saturated rings. The van der Waals surface area contributed by atoms with Gasteiger partial charge in [0.15, 0.2) is 0 Å². The summed E-state index contributed by atoms with van der Waals surface area (Å²) < 4.78 is 28.2. The second kappa shape index (κ2) is 6.18. The van der Waals surface area contributed by atoms with E-state index in [9.17, 15) is 9.36 Å². The van der Waals surface area contributed by atoms with Crippen molar-refractivity contribution in [3.8, 4) is 5.75 Å². The maximum Gasteiger partial charge on any atom is 0.459 e. The van der Waals surface area contributed by atoms with Crippen molar-refractivity contribution >= 4 is 13.7 Å². The Labute approximate surface area is 124 Å². The first-order valence-electron chi connectivity index (χ1n) is 6.80. The summed E-state index contributed by atoms with van der Waals surface area (Å²) >= 11 is 0. The number of esters is 1. The number of benzene rings is 1. The number of carbonyl (C=O) groups is 1. The molecule has 1 aliphatic carbocycles. The van der Waals surface area contributed by atoms with Crippen LogP contribution in [-0.2, 0) is 18.6 Å². The van der Waals surface area contributed by atoms with Crippen LogP contribution in [0.2, 0.25) is 0 Å². The van der Waals surface area contributed by atoms with Crippen LogP contribution in [0.1, 0.15) is 26.7 Å². The first-order chi connectivity index (χ1) is 9.89. The molecule has 0 spiro atoms. The van der Waals surface area contributed by atoms with Crippen molar-refractivity contribution in [2.45, 2.75) is 38.3 Å². The van der Waals surface area contributed by atoms with Crippen molar-refractivity contribution in [1.29, 1.82) is 0 Å². The third kappa shape index (κ3) is 4.06. The molecule has 0 saturated heterocycles. The highest BCUT2D eigenvalue weighted by molar-refractivity contribution is 7.52. The van der Waals surface area contributed by atoms with E-state index in [0.717, 1.165) is 0 Å². The number of rotatable bonds is 7. The van der Waals surface area contributed by atoms with E-state index in [1.807, 2.05) is 6.07 Å². The molecule has 6 nitrogen and oxygen atoms in total. The smallest absolute Gasteiger partial charge is 0.459 e. The molecule has 1 aromatic carbocycles. The summed E-state index contributed by atoms with van der Waals surface area (Å²) in [4.78, 5) is 12.1. The van der Waals surface area contributed by atoms with Crippen molar-refractivity contribution in [2.75, 3.05) is 7.11 Å². The summed E-state index contributed by atoms with van der Waals surface area (Å²) in [5.74, 6) is -0.0188. The molecular formula is C14H20NO5P. The fraction of sp³-hybridized carbons (Fsp3) is 0.500. The second-order valence-electron chi connectivity index (χ2n) is 5.23. The lowest BCUT2D eigenvalue weighted by molar-refractivity contribution is -0.150. The van der Waals surface area contributed by atoms with E-state index >= 15 is 0 Å². The molecule has 116 valence electrons. The van der Waals surface area contributed by atoms with Crippen LogP contribution in [-0.4, -0.2) is 24.7 Å². The highest BCUT2D eigenvalue weighted by Crippen LogP contribution is 2.51. The molecule has 0 bridgehead atoms. The molecule has 0 heterocycles. The molecular weight excluding hydrogens is 293 g/mol. The molecule has 1 N–H and O–H groups in total. The van der Waals surface area contributed by atoms with Gasteiger partial charge in [0.2, 0.25) is 0 Å². The molecule has 7 heteroatoms. The summed E-state index contributed by atoms with van der Waals surface area (Å²) in [6.07, 6.45) is 0.863. The molecule has 1 atom stereocenters. The lowest BCUT2D eigenvalue weighted by atomic mass is 10.3. The van der Waals surface area contributed by atoms with Crippen molar-refractivity contribution < 1.29 is 23.1 Å². The fourth-order valence-corrected chi connectivity index (χ4v) is 3.25. The third-order valence-electron chi connectivity index (χ3n) is 3.04. The summed E-state index contributed by atoms with van der Waals surface area (Å²) in [5, 5.41) is 2.72. The normalized spacial score (nSPS) is 18.9. The molecule has 1 unspecified atom stereocenters. The Hall–Kier alpha value is -1.36. The number of nitrogens with one attached hydrogen (secondary N) is 1. The summed E-state index contributed by atoms with van der Waals surface area (Å²) in [7, 11) is -2.35. The fourth-order valence-electron chi connectivity index (χ4n) is 1.80. The van der Waals surface area contributed by atoms with Crippen molar-refractivity contribution in [2.24, 2.45) is 0 Å². The van der Waals surface area contributed by atoms with Gasteiger partial charge in [-0.05, 0) is 38.8 Å². The molecule has 1 aromatic rings. The Morgan fingerprint density at radius 3 is 2.38 bits per heavy atom. The molecule has 0 aromatic heterocycles. The Kier molecular flexibility index (Phi) is 4.71. The van der Waals surface area contributed by atoms with E-state index in [1.165, 1.54) is 7.11 Å². The minimum Gasteiger partial charge on any atom is -0.462 e. The quantitative estimate of drug-likeness (QED) is 0.616. The number of carbonyl (C=O) groups excluding carboxylic acids is 1. The zero-order valence-electron chi connectivity index (χ0n) is 12.4. The lowest BCUT2D eigenvalue weighted by Gasteiger charge is -2.23. The predicted octanol–water partition coefficient (Wildman–Crippen LogP) is 2.89. The maximum absolute atomic E-state index is 12.6. The van der Waals surface area contributed by atoms with E-state index in [1.54, 1.807) is 38.1 Å². The maximum atomic E-state index is 12.6. The Morgan fingerprint density at radius 1 is 1.29 bits per heavy atom. The van der Waals surface area contributed by atoms with Gasteiger partial charge in [0, 0.05) is 7.11 Å². The standard InChI is InChI=1S/C14H20NO5P/c1-11(2)19-13(16)14(9-10-14)15-21(17,18-3)20-12-7-5-4-6-8-12/h4-8,11H,9-10H2,1-3H3,(H,15,17). The van der Waals surface area contributed by atoms with Crippen molar-refractivity contribution in [1.82, 2.24) is 5.09 Å². The van der Waals surface area contributed by atoms with Crippen LogP contribution in [0, 0.1) is 0 Å². The zero-order valence-corrected chi connectivity index (χ0v) is 13.3. The summed E-state index contributed by atoms with van der Waals surface area (Å²) in [6, 6.07) is 8.67. The van der Waals surface area contributed by atoms with Gasteiger partial charge in [0.25, 0.3) is 0 Å². The van der Waals surface area contributed by atoms with Crippen LogP contribution in [0.5, 0.6) is 5.75 Å². The van der Waals surface area contributed by atoms with Crippen LogP contribution in [0.15, 0.2) is 30.3 Å². The average molecular weight is 313 g/mol. The average Bonchev–Trinajstić information content (AvgIpc) is 3.20.